The highest BCUT2D eigenvalue weighted by molar-refractivity contribution is 5.80. The minimum absolute atomic E-state index is 0.0619. The molecule has 0 bridgehead atoms. The van der Waals surface area contributed by atoms with E-state index in [1.165, 1.54) is 17.3 Å². The predicted octanol–water partition coefficient (Wildman–Crippen LogP) is 1.45. The SMILES string of the molecule is CN(C)C(=O)C1CCC(CNC(=O)NCc2ccc(-n3ccnc3)c(F)c2)O1. The van der Waals surface area contributed by atoms with Crippen LogP contribution in [0.5, 0.6) is 0 Å². The van der Waals surface area contributed by atoms with E-state index < -0.39 is 11.9 Å². The smallest absolute Gasteiger partial charge is 0.315 e. The first-order chi connectivity index (χ1) is 13.4. The van der Waals surface area contributed by atoms with Crippen molar-refractivity contribution >= 4 is 11.9 Å². The fourth-order valence-electron chi connectivity index (χ4n) is 3.05. The van der Waals surface area contributed by atoms with Gasteiger partial charge in [0.05, 0.1) is 18.1 Å². The van der Waals surface area contributed by atoms with E-state index in [4.69, 9.17) is 4.74 Å². The summed E-state index contributed by atoms with van der Waals surface area (Å²) in [6.45, 7) is 0.511. The number of urea groups is 1. The molecule has 2 N–H and O–H groups in total. The molecule has 8 nitrogen and oxygen atoms in total. The number of nitrogens with zero attached hydrogens (tertiary/aromatic N) is 3. The van der Waals surface area contributed by atoms with Gasteiger partial charge in [-0.2, -0.15) is 0 Å². The van der Waals surface area contributed by atoms with E-state index in [0.717, 1.165) is 0 Å². The molecule has 1 saturated heterocycles. The third kappa shape index (κ3) is 4.86. The summed E-state index contributed by atoms with van der Waals surface area (Å²) in [4.78, 5) is 29.3. The molecule has 1 aromatic heterocycles. The van der Waals surface area contributed by atoms with Crippen molar-refractivity contribution in [2.45, 2.75) is 31.6 Å². The second-order valence-corrected chi connectivity index (χ2v) is 6.88. The molecular formula is C19H24FN5O3. The maximum absolute atomic E-state index is 14.2. The molecule has 1 aliphatic heterocycles. The lowest BCUT2D eigenvalue weighted by molar-refractivity contribution is -0.140. The minimum Gasteiger partial charge on any atom is -0.363 e. The molecule has 0 radical (unpaired) electrons. The van der Waals surface area contributed by atoms with Gasteiger partial charge >= 0.3 is 6.03 Å². The molecule has 2 heterocycles. The zero-order chi connectivity index (χ0) is 20.1. The first kappa shape index (κ1) is 19.8. The van der Waals surface area contributed by atoms with Gasteiger partial charge in [-0.05, 0) is 30.5 Å². The first-order valence-electron chi connectivity index (χ1n) is 9.09. The van der Waals surface area contributed by atoms with Crippen LogP contribution in [0.4, 0.5) is 9.18 Å². The Morgan fingerprint density at radius 1 is 1.32 bits per heavy atom. The average Bonchev–Trinajstić information content (AvgIpc) is 3.36. The number of hydrogen-bond donors (Lipinski definition) is 2. The van der Waals surface area contributed by atoms with E-state index >= 15 is 0 Å². The number of carbonyl (C=O) groups excluding carboxylic acids is 2. The van der Waals surface area contributed by atoms with Crippen LogP contribution in [-0.2, 0) is 16.1 Å². The molecule has 150 valence electrons. The van der Waals surface area contributed by atoms with Gasteiger partial charge in [-0.3, -0.25) is 4.79 Å². The summed E-state index contributed by atoms with van der Waals surface area (Å²) in [5.41, 5.74) is 1.04. The van der Waals surface area contributed by atoms with Gasteiger partial charge in [-0.15, -0.1) is 0 Å². The summed E-state index contributed by atoms with van der Waals surface area (Å²) in [5.74, 6) is -0.457. The third-order valence-corrected chi connectivity index (χ3v) is 4.56. The van der Waals surface area contributed by atoms with Crippen LogP contribution in [-0.4, -0.2) is 59.2 Å². The van der Waals surface area contributed by atoms with Crippen LogP contribution < -0.4 is 10.6 Å². The summed E-state index contributed by atoms with van der Waals surface area (Å²) in [6.07, 6.45) is 5.48. The van der Waals surface area contributed by atoms with Gasteiger partial charge in [0.15, 0.2) is 0 Å². The third-order valence-electron chi connectivity index (χ3n) is 4.56. The molecule has 1 fully saturated rings. The van der Waals surface area contributed by atoms with Crippen molar-refractivity contribution in [3.63, 3.8) is 0 Å². The van der Waals surface area contributed by atoms with Crippen molar-refractivity contribution in [2.24, 2.45) is 0 Å². The molecule has 3 rings (SSSR count). The average molecular weight is 389 g/mol. The zero-order valence-corrected chi connectivity index (χ0v) is 15.9. The molecule has 28 heavy (non-hydrogen) atoms. The second-order valence-electron chi connectivity index (χ2n) is 6.88. The van der Waals surface area contributed by atoms with Crippen molar-refractivity contribution in [2.75, 3.05) is 20.6 Å². The Kier molecular flexibility index (Phi) is 6.25. The van der Waals surface area contributed by atoms with Gasteiger partial charge in [0.25, 0.3) is 5.91 Å². The minimum atomic E-state index is -0.443. The fraction of sp³-hybridized carbons (Fsp3) is 0.421. The van der Waals surface area contributed by atoms with E-state index in [-0.39, 0.29) is 24.6 Å². The topological polar surface area (TPSA) is 88.5 Å². The molecule has 2 atom stereocenters. The van der Waals surface area contributed by atoms with Crippen molar-refractivity contribution in [1.82, 2.24) is 25.1 Å². The Bertz CT molecular complexity index is 825. The molecule has 9 heteroatoms. The standard InChI is InChI=1S/C19H24FN5O3/c1-24(2)18(26)17-6-4-14(28-17)11-23-19(27)22-10-13-3-5-16(15(20)9-13)25-8-7-21-12-25/h3,5,7-9,12,14,17H,4,6,10-11H2,1-2H3,(H2,22,23,27). The second kappa shape index (κ2) is 8.83. The van der Waals surface area contributed by atoms with Crippen LogP contribution in [0, 0.1) is 5.82 Å². The van der Waals surface area contributed by atoms with Crippen molar-refractivity contribution < 1.29 is 18.7 Å². The van der Waals surface area contributed by atoms with Gasteiger partial charge < -0.3 is 24.8 Å². The van der Waals surface area contributed by atoms with Gasteiger partial charge in [0.2, 0.25) is 0 Å². The normalized spacial score (nSPS) is 18.7. The number of halogens is 1. The number of hydrogen-bond acceptors (Lipinski definition) is 4. The van der Waals surface area contributed by atoms with E-state index in [9.17, 15) is 14.0 Å². The molecule has 2 aromatic rings. The number of imidazole rings is 1. The Morgan fingerprint density at radius 2 is 2.14 bits per heavy atom. The largest absolute Gasteiger partial charge is 0.363 e. The van der Waals surface area contributed by atoms with E-state index in [2.05, 4.69) is 15.6 Å². The summed E-state index contributed by atoms with van der Waals surface area (Å²) in [6, 6.07) is 4.40. The van der Waals surface area contributed by atoms with Crippen LogP contribution in [0.1, 0.15) is 18.4 Å². The van der Waals surface area contributed by atoms with Gasteiger partial charge in [0.1, 0.15) is 11.9 Å². The summed E-state index contributed by atoms with van der Waals surface area (Å²) >= 11 is 0. The lowest BCUT2D eigenvalue weighted by Crippen LogP contribution is -2.40. The lowest BCUT2D eigenvalue weighted by atomic mass is 10.2. The van der Waals surface area contributed by atoms with Gasteiger partial charge in [-0.1, -0.05) is 6.07 Å². The van der Waals surface area contributed by atoms with Gasteiger partial charge in [0, 0.05) is 39.6 Å². The van der Waals surface area contributed by atoms with Gasteiger partial charge in [-0.25, -0.2) is 14.2 Å². The number of likely N-dealkylation sites (N-methyl/N-ethyl adjacent to an activating group) is 1. The number of carbonyl (C=O) groups is 2. The summed E-state index contributed by atoms with van der Waals surface area (Å²) in [7, 11) is 3.38. The highest BCUT2D eigenvalue weighted by Crippen LogP contribution is 2.20. The number of nitrogens with one attached hydrogen (secondary N) is 2. The Balaban J connectivity index is 1.43. The molecule has 0 saturated carbocycles. The lowest BCUT2D eigenvalue weighted by Gasteiger charge is -2.17. The van der Waals surface area contributed by atoms with E-state index in [0.29, 0.717) is 30.6 Å². The molecule has 0 aliphatic carbocycles. The van der Waals surface area contributed by atoms with Crippen LogP contribution in [0.3, 0.4) is 0 Å². The molecule has 2 unspecified atom stereocenters. The number of ether oxygens (including phenoxy) is 1. The van der Waals surface area contributed by atoms with Crippen LogP contribution in [0.2, 0.25) is 0 Å². The van der Waals surface area contributed by atoms with Crippen molar-refractivity contribution in [3.05, 3.63) is 48.3 Å². The molecule has 3 amide bonds. The highest BCUT2D eigenvalue weighted by atomic mass is 19.1. The van der Waals surface area contributed by atoms with Crippen LogP contribution in [0.25, 0.3) is 5.69 Å². The van der Waals surface area contributed by atoms with E-state index in [1.807, 2.05) is 0 Å². The number of rotatable bonds is 6. The quantitative estimate of drug-likeness (QED) is 0.783. The summed E-state index contributed by atoms with van der Waals surface area (Å²) < 4.78 is 21.5. The Labute approximate surface area is 162 Å². The van der Waals surface area contributed by atoms with Crippen LogP contribution >= 0.6 is 0 Å². The van der Waals surface area contributed by atoms with Crippen LogP contribution in [0.15, 0.2) is 36.9 Å². The maximum atomic E-state index is 14.2. The molecule has 1 aliphatic rings. The zero-order valence-electron chi connectivity index (χ0n) is 15.9. The van der Waals surface area contributed by atoms with E-state index in [1.54, 1.807) is 43.2 Å². The first-order valence-corrected chi connectivity index (χ1v) is 9.09. The maximum Gasteiger partial charge on any atom is 0.315 e. The Morgan fingerprint density at radius 3 is 2.82 bits per heavy atom. The number of amides is 3. The fourth-order valence-corrected chi connectivity index (χ4v) is 3.05. The molecule has 1 aromatic carbocycles. The number of aromatic nitrogens is 2. The van der Waals surface area contributed by atoms with Crippen molar-refractivity contribution in [3.8, 4) is 5.69 Å². The molecule has 0 spiro atoms. The summed E-state index contributed by atoms with van der Waals surface area (Å²) in [5, 5.41) is 5.42. The molecular weight excluding hydrogens is 365 g/mol. The highest BCUT2D eigenvalue weighted by Gasteiger charge is 2.31. The monoisotopic (exact) mass is 389 g/mol. The number of benzene rings is 1. The predicted molar refractivity (Wildman–Crippen MR) is 100 cm³/mol. The Hall–Kier alpha value is -2.94. The van der Waals surface area contributed by atoms with Crippen molar-refractivity contribution in [1.29, 1.82) is 0 Å².